The molecule has 0 spiro atoms. The van der Waals surface area contributed by atoms with E-state index in [9.17, 15) is 4.79 Å². The lowest BCUT2D eigenvalue weighted by molar-refractivity contribution is 0.112. The molecule has 0 saturated heterocycles. The van der Waals surface area contributed by atoms with Gasteiger partial charge in [-0.15, -0.1) is 0 Å². The highest BCUT2D eigenvalue weighted by Gasteiger charge is 2.12. The fourth-order valence-electron chi connectivity index (χ4n) is 2.40. The van der Waals surface area contributed by atoms with E-state index in [0.29, 0.717) is 21.2 Å². The third-order valence-electron chi connectivity index (χ3n) is 3.41. The summed E-state index contributed by atoms with van der Waals surface area (Å²) < 4.78 is 0. The lowest BCUT2D eigenvalue weighted by Crippen LogP contribution is -1.91. The SMILES string of the molecule is Cc1ccc2ccc(-c3c#cc(Cl)cc3Cl)c(C=O)c2c1. The van der Waals surface area contributed by atoms with Crippen molar-refractivity contribution in [3.8, 4) is 11.1 Å². The Morgan fingerprint density at radius 3 is 2.52 bits per heavy atom. The van der Waals surface area contributed by atoms with E-state index in [1.807, 2.05) is 37.3 Å². The molecule has 21 heavy (non-hydrogen) atoms. The zero-order chi connectivity index (χ0) is 15.0. The van der Waals surface area contributed by atoms with Crippen molar-refractivity contribution in [2.24, 2.45) is 0 Å². The highest BCUT2D eigenvalue weighted by atomic mass is 35.5. The number of hydrogen-bond donors (Lipinski definition) is 0. The molecule has 3 aromatic rings. The predicted octanol–water partition coefficient (Wildman–Crippen LogP) is 5.53. The Bertz CT molecular complexity index is 853. The molecule has 0 bridgehead atoms. The van der Waals surface area contributed by atoms with Crippen molar-refractivity contribution in [3.05, 3.63) is 69.7 Å². The number of hydrogen-bond acceptors (Lipinski definition) is 1. The van der Waals surface area contributed by atoms with E-state index in [4.69, 9.17) is 23.2 Å². The molecule has 3 aromatic carbocycles. The van der Waals surface area contributed by atoms with E-state index >= 15 is 0 Å². The van der Waals surface area contributed by atoms with Gasteiger partial charge in [-0.3, -0.25) is 4.79 Å². The molecule has 0 aliphatic heterocycles. The van der Waals surface area contributed by atoms with Crippen LogP contribution in [0.5, 0.6) is 0 Å². The van der Waals surface area contributed by atoms with E-state index < -0.39 is 0 Å². The van der Waals surface area contributed by atoms with Crippen LogP contribution in [0.25, 0.3) is 21.9 Å². The van der Waals surface area contributed by atoms with Gasteiger partial charge in [0.05, 0.1) is 15.6 Å². The molecule has 1 nitrogen and oxygen atoms in total. The maximum atomic E-state index is 11.6. The van der Waals surface area contributed by atoms with Crippen LogP contribution in [0.15, 0.2) is 36.4 Å². The summed E-state index contributed by atoms with van der Waals surface area (Å²) in [5.41, 5.74) is 3.07. The minimum Gasteiger partial charge on any atom is -0.298 e. The molecule has 0 unspecified atom stereocenters. The molecule has 0 heterocycles. The molecule has 102 valence electrons. The molecular weight excluding hydrogens is 303 g/mol. The van der Waals surface area contributed by atoms with Gasteiger partial charge in [0.25, 0.3) is 0 Å². The summed E-state index contributed by atoms with van der Waals surface area (Å²) in [4.78, 5) is 11.6. The van der Waals surface area contributed by atoms with E-state index in [2.05, 4.69) is 12.1 Å². The Hall–Kier alpha value is -2.01. The Kier molecular flexibility index (Phi) is 3.59. The smallest absolute Gasteiger partial charge is 0.151 e. The fraction of sp³-hybridized carbons (Fsp3) is 0.0556. The standard InChI is InChI=1S/C18H10Cl2O/c1-11-2-3-12-4-6-14(17(10-21)16(12)8-11)15-7-5-13(19)9-18(15)20/h2-4,6,8-10H,1H3. The zero-order valence-corrected chi connectivity index (χ0v) is 12.7. The number of fused-ring (bicyclic) bond motifs is 1. The summed E-state index contributed by atoms with van der Waals surface area (Å²) in [6, 6.07) is 17.2. The predicted molar refractivity (Wildman–Crippen MR) is 87.2 cm³/mol. The largest absolute Gasteiger partial charge is 0.298 e. The zero-order valence-electron chi connectivity index (χ0n) is 11.2. The monoisotopic (exact) mass is 312 g/mol. The number of benzene rings is 2. The molecule has 0 N–H and O–H groups in total. The first kappa shape index (κ1) is 13.9. The van der Waals surface area contributed by atoms with Gasteiger partial charge in [0.2, 0.25) is 0 Å². The number of rotatable bonds is 2. The van der Waals surface area contributed by atoms with Crippen molar-refractivity contribution in [3.63, 3.8) is 0 Å². The Morgan fingerprint density at radius 1 is 1.05 bits per heavy atom. The second-order valence-corrected chi connectivity index (χ2v) is 5.65. The first-order chi connectivity index (χ1) is 10.1. The quantitative estimate of drug-likeness (QED) is 0.568. The minimum atomic E-state index is 0.396. The topological polar surface area (TPSA) is 17.1 Å². The number of aldehydes is 1. The fourth-order valence-corrected chi connectivity index (χ4v) is 2.87. The summed E-state index contributed by atoms with van der Waals surface area (Å²) >= 11 is 12.1. The van der Waals surface area contributed by atoms with Crippen LogP contribution in [0.2, 0.25) is 10.0 Å². The van der Waals surface area contributed by atoms with Gasteiger partial charge in [-0.1, -0.05) is 65.2 Å². The summed E-state index contributed by atoms with van der Waals surface area (Å²) in [6.45, 7) is 2.00. The lowest BCUT2D eigenvalue weighted by atomic mass is 9.94. The van der Waals surface area contributed by atoms with Crippen molar-refractivity contribution in [2.75, 3.05) is 0 Å². The van der Waals surface area contributed by atoms with Crippen LogP contribution in [0, 0.1) is 19.1 Å². The molecule has 0 aliphatic rings. The maximum Gasteiger partial charge on any atom is 0.151 e. The molecule has 0 saturated carbocycles. The lowest BCUT2D eigenvalue weighted by Gasteiger charge is -2.09. The summed E-state index contributed by atoms with van der Waals surface area (Å²) in [5.74, 6) is 0. The van der Waals surface area contributed by atoms with Crippen molar-refractivity contribution in [1.29, 1.82) is 0 Å². The number of halogens is 2. The maximum absolute atomic E-state index is 11.6. The number of aryl methyl sites for hydroxylation is 1. The first-order valence-corrected chi connectivity index (χ1v) is 7.13. The van der Waals surface area contributed by atoms with Crippen molar-refractivity contribution < 1.29 is 4.79 Å². The molecule has 3 heteroatoms. The van der Waals surface area contributed by atoms with E-state index in [1.165, 1.54) is 0 Å². The van der Waals surface area contributed by atoms with Gasteiger partial charge in [0.1, 0.15) is 0 Å². The number of carbonyl (C=O) groups is 1. The third-order valence-corrected chi connectivity index (χ3v) is 3.91. The normalized spacial score (nSPS) is 10.4. The van der Waals surface area contributed by atoms with Gasteiger partial charge in [0.15, 0.2) is 6.29 Å². The van der Waals surface area contributed by atoms with Gasteiger partial charge >= 0.3 is 0 Å². The Labute approximate surface area is 133 Å². The van der Waals surface area contributed by atoms with Gasteiger partial charge in [-0.2, -0.15) is 0 Å². The van der Waals surface area contributed by atoms with Crippen LogP contribution in [0.3, 0.4) is 0 Å². The molecule has 0 aromatic heterocycles. The van der Waals surface area contributed by atoms with Gasteiger partial charge in [-0.05, 0) is 29.8 Å². The van der Waals surface area contributed by atoms with Crippen LogP contribution < -0.4 is 0 Å². The van der Waals surface area contributed by atoms with Crippen LogP contribution in [0.4, 0.5) is 0 Å². The van der Waals surface area contributed by atoms with Crippen LogP contribution in [-0.2, 0) is 0 Å². The average Bonchev–Trinajstić information content (AvgIpc) is 2.46. The number of carbonyl (C=O) groups excluding carboxylic acids is 1. The van der Waals surface area contributed by atoms with Crippen LogP contribution >= 0.6 is 23.2 Å². The second kappa shape index (κ2) is 5.41. The molecule has 3 rings (SSSR count). The molecule has 0 radical (unpaired) electrons. The van der Waals surface area contributed by atoms with E-state index in [-0.39, 0.29) is 0 Å². The van der Waals surface area contributed by atoms with Crippen molar-refractivity contribution >= 4 is 40.3 Å². The summed E-state index contributed by atoms with van der Waals surface area (Å²) in [6.07, 6.45) is 0.857. The summed E-state index contributed by atoms with van der Waals surface area (Å²) in [5, 5.41) is 2.77. The van der Waals surface area contributed by atoms with Gasteiger partial charge in [-0.25, -0.2) is 0 Å². The van der Waals surface area contributed by atoms with E-state index in [0.717, 1.165) is 28.2 Å². The molecule has 0 amide bonds. The highest BCUT2D eigenvalue weighted by Crippen LogP contribution is 2.33. The Balaban J connectivity index is 2.34. The van der Waals surface area contributed by atoms with Crippen molar-refractivity contribution in [1.82, 2.24) is 0 Å². The van der Waals surface area contributed by atoms with Gasteiger partial charge in [0, 0.05) is 11.1 Å². The third kappa shape index (κ3) is 2.49. The minimum absolute atomic E-state index is 0.396. The Morgan fingerprint density at radius 2 is 1.81 bits per heavy atom. The average molecular weight is 313 g/mol. The van der Waals surface area contributed by atoms with Gasteiger partial charge < -0.3 is 0 Å². The highest BCUT2D eigenvalue weighted by molar-refractivity contribution is 6.36. The molecule has 0 atom stereocenters. The van der Waals surface area contributed by atoms with E-state index in [1.54, 1.807) is 6.07 Å². The van der Waals surface area contributed by atoms with Crippen molar-refractivity contribution in [2.45, 2.75) is 6.92 Å². The van der Waals surface area contributed by atoms with Crippen LogP contribution in [-0.4, -0.2) is 6.29 Å². The molecular formula is C18H10Cl2O. The first-order valence-electron chi connectivity index (χ1n) is 6.38. The second-order valence-electron chi connectivity index (χ2n) is 4.83. The molecule has 0 aliphatic carbocycles. The van der Waals surface area contributed by atoms with Crippen LogP contribution in [0.1, 0.15) is 15.9 Å². The summed E-state index contributed by atoms with van der Waals surface area (Å²) in [7, 11) is 0. The molecule has 0 fully saturated rings.